The Bertz CT molecular complexity index is 393. The number of hydrogen-bond acceptors (Lipinski definition) is 3. The van der Waals surface area contributed by atoms with Crippen LogP contribution in [0.4, 0.5) is 5.69 Å². The summed E-state index contributed by atoms with van der Waals surface area (Å²) in [5.41, 5.74) is 1.26. The maximum Gasteiger partial charge on any atom is 0.251 e. The van der Waals surface area contributed by atoms with E-state index in [0.29, 0.717) is 17.8 Å². The molecule has 0 aromatic heterocycles. The Morgan fingerprint density at radius 1 is 1.11 bits per heavy atom. The fraction of sp³-hybridized carbons (Fsp3) is 0.333. The Balaban J connectivity index is 0.00000289. The van der Waals surface area contributed by atoms with Gasteiger partial charge in [-0.2, -0.15) is 0 Å². The Labute approximate surface area is 113 Å². The highest BCUT2D eigenvalue weighted by atomic mass is 35.5. The molecule has 1 rings (SSSR count). The number of likely N-dealkylation sites (N-methyl/N-ethyl adjacent to an activating group) is 1. The highest BCUT2D eigenvalue weighted by Crippen LogP contribution is 2.09. The average Bonchev–Trinajstić information content (AvgIpc) is 2.29. The van der Waals surface area contributed by atoms with Gasteiger partial charge in [0.1, 0.15) is 0 Å². The minimum atomic E-state index is -0.128. The number of carbonyl (C=O) groups is 2. The summed E-state index contributed by atoms with van der Waals surface area (Å²) < 4.78 is 0. The molecule has 0 aliphatic carbocycles. The molecule has 0 bridgehead atoms. The van der Waals surface area contributed by atoms with E-state index in [9.17, 15) is 9.59 Å². The van der Waals surface area contributed by atoms with Gasteiger partial charge in [0.05, 0.1) is 0 Å². The first kappa shape index (κ1) is 16.4. The summed E-state index contributed by atoms with van der Waals surface area (Å²) in [7, 11) is 1.83. The number of benzene rings is 1. The molecule has 5 nitrogen and oxygen atoms in total. The fourth-order valence-electron chi connectivity index (χ4n) is 1.31. The zero-order valence-corrected chi connectivity index (χ0v) is 11.3. The van der Waals surface area contributed by atoms with Gasteiger partial charge in [-0.05, 0) is 31.3 Å². The van der Waals surface area contributed by atoms with E-state index >= 15 is 0 Å². The van der Waals surface area contributed by atoms with Gasteiger partial charge in [0, 0.05) is 31.3 Å². The summed E-state index contributed by atoms with van der Waals surface area (Å²) in [4.78, 5) is 22.4. The fourth-order valence-corrected chi connectivity index (χ4v) is 1.31. The number of anilines is 1. The van der Waals surface area contributed by atoms with Crippen molar-refractivity contribution in [3.05, 3.63) is 29.8 Å². The van der Waals surface area contributed by atoms with Gasteiger partial charge in [0.2, 0.25) is 5.91 Å². The van der Waals surface area contributed by atoms with Crippen molar-refractivity contribution in [2.45, 2.75) is 6.92 Å². The van der Waals surface area contributed by atoms with E-state index in [0.717, 1.165) is 6.54 Å². The number of rotatable bonds is 5. The third-order valence-corrected chi connectivity index (χ3v) is 2.13. The highest BCUT2D eigenvalue weighted by molar-refractivity contribution is 5.95. The molecule has 0 atom stereocenters. The molecule has 0 aliphatic rings. The van der Waals surface area contributed by atoms with Crippen molar-refractivity contribution in [1.29, 1.82) is 0 Å². The molecule has 0 saturated carbocycles. The number of nitrogens with one attached hydrogen (secondary N) is 3. The van der Waals surface area contributed by atoms with E-state index in [-0.39, 0.29) is 24.2 Å². The Morgan fingerprint density at radius 2 is 1.72 bits per heavy atom. The molecular weight excluding hydrogens is 254 g/mol. The molecule has 100 valence electrons. The molecule has 0 saturated heterocycles. The first-order valence-electron chi connectivity index (χ1n) is 5.44. The summed E-state index contributed by atoms with van der Waals surface area (Å²) in [5.74, 6) is -0.245. The van der Waals surface area contributed by atoms with E-state index in [1.165, 1.54) is 6.92 Å². The van der Waals surface area contributed by atoms with Crippen LogP contribution >= 0.6 is 12.4 Å². The van der Waals surface area contributed by atoms with Gasteiger partial charge in [0.25, 0.3) is 5.91 Å². The first-order valence-corrected chi connectivity index (χ1v) is 5.44. The van der Waals surface area contributed by atoms with Crippen molar-refractivity contribution in [3.8, 4) is 0 Å². The van der Waals surface area contributed by atoms with Crippen molar-refractivity contribution in [2.24, 2.45) is 0 Å². The van der Waals surface area contributed by atoms with Crippen molar-refractivity contribution < 1.29 is 9.59 Å². The van der Waals surface area contributed by atoms with Gasteiger partial charge >= 0.3 is 0 Å². The lowest BCUT2D eigenvalue weighted by Crippen LogP contribution is -2.30. The number of halogens is 1. The van der Waals surface area contributed by atoms with Crippen LogP contribution in [0.15, 0.2) is 24.3 Å². The summed E-state index contributed by atoms with van der Waals surface area (Å²) >= 11 is 0. The molecule has 1 aromatic rings. The zero-order chi connectivity index (χ0) is 12.7. The molecule has 3 N–H and O–H groups in total. The van der Waals surface area contributed by atoms with Crippen molar-refractivity contribution >= 4 is 29.9 Å². The van der Waals surface area contributed by atoms with Crippen molar-refractivity contribution in [3.63, 3.8) is 0 Å². The molecule has 18 heavy (non-hydrogen) atoms. The maximum absolute atomic E-state index is 11.6. The van der Waals surface area contributed by atoms with Crippen LogP contribution in [0.5, 0.6) is 0 Å². The Hall–Kier alpha value is -1.59. The third kappa shape index (κ3) is 5.65. The predicted octanol–water partition coefficient (Wildman–Crippen LogP) is 1.02. The van der Waals surface area contributed by atoms with Crippen LogP contribution in [-0.4, -0.2) is 32.0 Å². The van der Waals surface area contributed by atoms with Crippen molar-refractivity contribution in [1.82, 2.24) is 10.6 Å². The van der Waals surface area contributed by atoms with Crippen LogP contribution in [0.2, 0.25) is 0 Å². The molecule has 0 aliphatic heterocycles. The predicted molar refractivity (Wildman–Crippen MR) is 74.3 cm³/mol. The van der Waals surface area contributed by atoms with Gasteiger partial charge in [-0.3, -0.25) is 9.59 Å². The van der Waals surface area contributed by atoms with Crippen molar-refractivity contribution in [2.75, 3.05) is 25.5 Å². The van der Waals surface area contributed by atoms with E-state index in [1.54, 1.807) is 24.3 Å². The van der Waals surface area contributed by atoms with Gasteiger partial charge in [-0.1, -0.05) is 0 Å². The van der Waals surface area contributed by atoms with Crippen LogP contribution in [0, 0.1) is 0 Å². The molecule has 0 unspecified atom stereocenters. The van der Waals surface area contributed by atoms with E-state index in [1.807, 2.05) is 7.05 Å². The quantitative estimate of drug-likeness (QED) is 0.700. The lowest BCUT2D eigenvalue weighted by atomic mass is 10.2. The van der Waals surface area contributed by atoms with E-state index in [2.05, 4.69) is 16.0 Å². The summed E-state index contributed by atoms with van der Waals surface area (Å²) in [6, 6.07) is 6.77. The minimum absolute atomic E-state index is 0. The monoisotopic (exact) mass is 271 g/mol. The normalized spacial score (nSPS) is 9.22. The molecule has 6 heteroatoms. The molecule has 1 aromatic carbocycles. The van der Waals surface area contributed by atoms with Crippen LogP contribution in [0.1, 0.15) is 17.3 Å². The Kier molecular flexibility index (Phi) is 7.74. The SMILES string of the molecule is CNCCNC(=O)c1ccc(NC(C)=O)cc1.Cl. The maximum atomic E-state index is 11.6. The second-order valence-electron chi connectivity index (χ2n) is 3.62. The topological polar surface area (TPSA) is 70.2 Å². The lowest BCUT2D eigenvalue weighted by Gasteiger charge is -2.06. The lowest BCUT2D eigenvalue weighted by molar-refractivity contribution is -0.114. The van der Waals surface area contributed by atoms with Crippen LogP contribution in [0.3, 0.4) is 0 Å². The summed E-state index contributed by atoms with van der Waals surface area (Å²) in [6.07, 6.45) is 0. The summed E-state index contributed by atoms with van der Waals surface area (Å²) in [5, 5.41) is 8.36. The molecule has 2 amide bonds. The zero-order valence-electron chi connectivity index (χ0n) is 10.4. The molecule has 0 fully saturated rings. The molecule has 0 radical (unpaired) electrons. The third-order valence-electron chi connectivity index (χ3n) is 2.13. The van der Waals surface area contributed by atoms with Gasteiger partial charge in [-0.15, -0.1) is 12.4 Å². The number of hydrogen-bond donors (Lipinski definition) is 3. The number of carbonyl (C=O) groups excluding carboxylic acids is 2. The van der Waals surface area contributed by atoms with Crippen LogP contribution in [-0.2, 0) is 4.79 Å². The van der Waals surface area contributed by atoms with Crippen LogP contribution in [0.25, 0.3) is 0 Å². The second kappa shape index (κ2) is 8.49. The number of amides is 2. The van der Waals surface area contributed by atoms with Gasteiger partial charge in [-0.25, -0.2) is 0 Å². The second-order valence-corrected chi connectivity index (χ2v) is 3.62. The first-order chi connectivity index (χ1) is 8.13. The minimum Gasteiger partial charge on any atom is -0.351 e. The molecular formula is C12H18ClN3O2. The standard InChI is InChI=1S/C12H17N3O2.ClH/c1-9(16)15-11-5-3-10(4-6-11)12(17)14-8-7-13-2;/h3-6,13H,7-8H2,1-2H3,(H,14,17)(H,15,16);1H. The van der Waals surface area contributed by atoms with Gasteiger partial charge < -0.3 is 16.0 Å². The summed E-state index contributed by atoms with van der Waals surface area (Å²) in [6.45, 7) is 2.76. The van der Waals surface area contributed by atoms with Crippen LogP contribution < -0.4 is 16.0 Å². The molecule has 0 spiro atoms. The van der Waals surface area contributed by atoms with Gasteiger partial charge in [0.15, 0.2) is 0 Å². The Morgan fingerprint density at radius 3 is 2.22 bits per heavy atom. The largest absolute Gasteiger partial charge is 0.351 e. The highest BCUT2D eigenvalue weighted by Gasteiger charge is 2.04. The van der Waals surface area contributed by atoms with E-state index < -0.39 is 0 Å². The smallest absolute Gasteiger partial charge is 0.251 e. The molecule has 0 heterocycles. The average molecular weight is 272 g/mol. The van der Waals surface area contributed by atoms with E-state index in [4.69, 9.17) is 0 Å².